The van der Waals surface area contributed by atoms with E-state index in [0.717, 1.165) is 0 Å². The lowest BCUT2D eigenvalue weighted by molar-refractivity contribution is 0.0596. The SMILES string of the molecule is COC(=O)c1nc(C)n(-c2cc(Br)c(F)cc2C)c1N. The van der Waals surface area contributed by atoms with Gasteiger partial charge in [-0.05, 0) is 47.5 Å². The van der Waals surface area contributed by atoms with E-state index in [-0.39, 0.29) is 17.3 Å². The quantitative estimate of drug-likeness (QED) is 0.852. The Bertz CT molecular complexity index is 697. The molecular weight excluding hydrogens is 329 g/mol. The number of methoxy groups -OCH3 is 1. The van der Waals surface area contributed by atoms with Crippen LogP contribution in [0.25, 0.3) is 5.69 Å². The summed E-state index contributed by atoms with van der Waals surface area (Å²) in [7, 11) is 1.26. The molecule has 0 aliphatic carbocycles. The molecule has 2 aromatic rings. The van der Waals surface area contributed by atoms with Gasteiger partial charge in [0.15, 0.2) is 5.69 Å². The van der Waals surface area contributed by atoms with Crippen LogP contribution in [0.1, 0.15) is 21.9 Å². The van der Waals surface area contributed by atoms with Gasteiger partial charge in [0.2, 0.25) is 0 Å². The number of nitrogen functional groups attached to an aromatic ring is 1. The van der Waals surface area contributed by atoms with Crippen molar-refractivity contribution in [3.63, 3.8) is 0 Å². The molecule has 0 fully saturated rings. The van der Waals surface area contributed by atoms with E-state index in [1.165, 1.54) is 13.2 Å². The smallest absolute Gasteiger partial charge is 0.360 e. The summed E-state index contributed by atoms with van der Waals surface area (Å²) in [5, 5.41) is 0. The van der Waals surface area contributed by atoms with Crippen molar-refractivity contribution in [2.45, 2.75) is 13.8 Å². The summed E-state index contributed by atoms with van der Waals surface area (Å²) in [6.07, 6.45) is 0. The van der Waals surface area contributed by atoms with Gasteiger partial charge in [-0.1, -0.05) is 0 Å². The lowest BCUT2D eigenvalue weighted by atomic mass is 10.2. The van der Waals surface area contributed by atoms with Crippen LogP contribution in [0.4, 0.5) is 10.2 Å². The third-order valence-corrected chi connectivity index (χ3v) is 3.55. The zero-order chi connectivity index (χ0) is 15.0. The number of aromatic nitrogens is 2. The molecule has 0 aliphatic heterocycles. The highest BCUT2D eigenvalue weighted by atomic mass is 79.9. The molecule has 2 rings (SSSR count). The van der Waals surface area contributed by atoms with Crippen molar-refractivity contribution < 1.29 is 13.9 Å². The van der Waals surface area contributed by atoms with Gasteiger partial charge in [0.1, 0.15) is 17.5 Å². The van der Waals surface area contributed by atoms with Crippen molar-refractivity contribution in [2.24, 2.45) is 0 Å². The molecule has 1 aromatic carbocycles. The summed E-state index contributed by atoms with van der Waals surface area (Å²) in [4.78, 5) is 15.7. The van der Waals surface area contributed by atoms with Gasteiger partial charge in [0.05, 0.1) is 17.3 Å². The van der Waals surface area contributed by atoms with Crippen molar-refractivity contribution in [3.8, 4) is 5.69 Å². The van der Waals surface area contributed by atoms with Crippen LogP contribution in [0.3, 0.4) is 0 Å². The molecule has 0 saturated carbocycles. The van der Waals surface area contributed by atoms with Gasteiger partial charge in [-0.3, -0.25) is 4.57 Å². The molecule has 106 valence electrons. The molecule has 20 heavy (non-hydrogen) atoms. The van der Waals surface area contributed by atoms with E-state index in [1.807, 2.05) is 0 Å². The number of hydrogen-bond acceptors (Lipinski definition) is 4. The normalized spacial score (nSPS) is 10.7. The van der Waals surface area contributed by atoms with Crippen molar-refractivity contribution in [2.75, 3.05) is 12.8 Å². The van der Waals surface area contributed by atoms with E-state index in [2.05, 4.69) is 25.7 Å². The highest BCUT2D eigenvalue weighted by molar-refractivity contribution is 9.10. The van der Waals surface area contributed by atoms with Crippen LogP contribution >= 0.6 is 15.9 Å². The molecule has 0 radical (unpaired) electrons. The lowest BCUT2D eigenvalue weighted by Gasteiger charge is -2.12. The van der Waals surface area contributed by atoms with Gasteiger partial charge in [0, 0.05) is 0 Å². The number of ether oxygens (including phenoxy) is 1. The van der Waals surface area contributed by atoms with Crippen LogP contribution < -0.4 is 5.73 Å². The Morgan fingerprint density at radius 2 is 2.10 bits per heavy atom. The second kappa shape index (κ2) is 5.24. The minimum absolute atomic E-state index is 0.0462. The average molecular weight is 342 g/mol. The van der Waals surface area contributed by atoms with Crippen LogP contribution in [0.15, 0.2) is 16.6 Å². The van der Waals surface area contributed by atoms with Gasteiger partial charge in [0.25, 0.3) is 0 Å². The number of rotatable bonds is 2. The van der Waals surface area contributed by atoms with E-state index < -0.39 is 5.97 Å². The fraction of sp³-hybridized carbons (Fsp3) is 0.231. The molecule has 7 heteroatoms. The van der Waals surface area contributed by atoms with Gasteiger partial charge < -0.3 is 10.5 Å². The highest BCUT2D eigenvalue weighted by Gasteiger charge is 2.21. The molecule has 2 N–H and O–H groups in total. The van der Waals surface area contributed by atoms with Crippen LogP contribution in [0, 0.1) is 19.7 Å². The number of hydrogen-bond donors (Lipinski definition) is 1. The largest absolute Gasteiger partial charge is 0.464 e. The zero-order valence-corrected chi connectivity index (χ0v) is 12.8. The number of imidazole rings is 1. The van der Waals surface area contributed by atoms with Crippen molar-refractivity contribution in [3.05, 3.63) is 39.5 Å². The standard InChI is InChI=1S/C13H13BrFN3O2/c1-6-4-9(15)8(14)5-10(6)18-7(2)17-11(12(18)16)13(19)20-3/h4-5H,16H2,1-3H3. The predicted molar refractivity (Wildman–Crippen MR) is 76.4 cm³/mol. The predicted octanol–water partition coefficient (Wildman–Crippen LogP) is 2.76. The zero-order valence-electron chi connectivity index (χ0n) is 11.2. The first-order valence-corrected chi connectivity index (χ1v) is 6.55. The average Bonchev–Trinajstić information content (AvgIpc) is 2.69. The summed E-state index contributed by atoms with van der Waals surface area (Å²) in [5.74, 6) is -0.292. The molecule has 0 spiro atoms. The minimum Gasteiger partial charge on any atom is -0.464 e. The summed E-state index contributed by atoms with van der Waals surface area (Å²) in [5.41, 5.74) is 7.33. The molecule has 0 aliphatic rings. The van der Waals surface area contributed by atoms with E-state index in [9.17, 15) is 9.18 Å². The maximum atomic E-state index is 13.5. The Balaban J connectivity index is 2.68. The molecule has 1 heterocycles. The number of benzene rings is 1. The molecule has 0 atom stereocenters. The van der Waals surface area contributed by atoms with Gasteiger partial charge in [-0.2, -0.15) is 0 Å². The monoisotopic (exact) mass is 341 g/mol. The maximum Gasteiger partial charge on any atom is 0.360 e. The van der Waals surface area contributed by atoms with Gasteiger partial charge in [-0.15, -0.1) is 0 Å². The molecule has 0 bridgehead atoms. The Labute approximate surface area is 123 Å². The minimum atomic E-state index is -0.608. The van der Waals surface area contributed by atoms with Gasteiger partial charge >= 0.3 is 5.97 Å². The molecule has 0 saturated heterocycles. The highest BCUT2D eigenvalue weighted by Crippen LogP contribution is 2.28. The summed E-state index contributed by atoms with van der Waals surface area (Å²) >= 11 is 3.13. The second-order valence-electron chi connectivity index (χ2n) is 4.27. The number of anilines is 1. The third kappa shape index (κ3) is 2.29. The second-order valence-corrected chi connectivity index (χ2v) is 5.13. The van der Waals surface area contributed by atoms with E-state index >= 15 is 0 Å². The van der Waals surface area contributed by atoms with Crippen LogP contribution in [0.5, 0.6) is 0 Å². The number of halogens is 2. The number of carbonyl (C=O) groups excluding carboxylic acids is 1. The molecule has 0 unspecified atom stereocenters. The first kappa shape index (κ1) is 14.5. The van der Waals surface area contributed by atoms with E-state index in [1.54, 1.807) is 24.5 Å². The van der Waals surface area contributed by atoms with E-state index in [4.69, 9.17) is 5.73 Å². The summed E-state index contributed by atoms with van der Waals surface area (Å²) < 4.78 is 20.0. The first-order chi connectivity index (χ1) is 9.36. The molecule has 0 amide bonds. The lowest BCUT2D eigenvalue weighted by Crippen LogP contribution is -2.08. The maximum absolute atomic E-state index is 13.5. The first-order valence-electron chi connectivity index (χ1n) is 5.76. The van der Waals surface area contributed by atoms with Crippen LogP contribution in [-0.4, -0.2) is 22.6 Å². The molecular formula is C13H13BrFN3O2. The fourth-order valence-corrected chi connectivity index (χ4v) is 2.31. The number of aryl methyl sites for hydroxylation is 2. The third-order valence-electron chi connectivity index (χ3n) is 2.94. The van der Waals surface area contributed by atoms with Crippen molar-refractivity contribution in [1.29, 1.82) is 0 Å². The van der Waals surface area contributed by atoms with Crippen molar-refractivity contribution >= 4 is 27.7 Å². The molecule has 1 aromatic heterocycles. The van der Waals surface area contributed by atoms with Crippen molar-refractivity contribution in [1.82, 2.24) is 9.55 Å². The fourth-order valence-electron chi connectivity index (χ4n) is 1.98. The van der Waals surface area contributed by atoms with Crippen LogP contribution in [0.2, 0.25) is 0 Å². The van der Waals surface area contributed by atoms with Gasteiger partial charge in [-0.25, -0.2) is 14.2 Å². The Morgan fingerprint density at radius 3 is 2.70 bits per heavy atom. The number of carbonyl (C=O) groups is 1. The summed E-state index contributed by atoms with van der Waals surface area (Å²) in [6, 6.07) is 2.98. The number of esters is 1. The van der Waals surface area contributed by atoms with Crippen LogP contribution in [-0.2, 0) is 4.74 Å². The Hall–Kier alpha value is -1.89. The number of nitrogens with two attached hydrogens (primary N) is 1. The Kier molecular flexibility index (Phi) is 3.80. The van der Waals surface area contributed by atoms with E-state index in [0.29, 0.717) is 21.5 Å². The Morgan fingerprint density at radius 1 is 1.45 bits per heavy atom. The topological polar surface area (TPSA) is 70.1 Å². The number of nitrogens with zero attached hydrogens (tertiary/aromatic N) is 2. The summed E-state index contributed by atoms with van der Waals surface area (Å²) in [6.45, 7) is 3.46. The molecule has 5 nitrogen and oxygen atoms in total.